The first kappa shape index (κ1) is 13.9. The second-order valence-electron chi connectivity index (χ2n) is 4.78. The zero-order valence-corrected chi connectivity index (χ0v) is 11.7. The van der Waals surface area contributed by atoms with Crippen molar-refractivity contribution in [3.05, 3.63) is 59.9 Å². The van der Waals surface area contributed by atoms with E-state index in [1.54, 1.807) is 31.3 Å². The molecule has 1 heterocycles. The lowest BCUT2D eigenvalue weighted by molar-refractivity contribution is -0.107. The molecule has 6 heteroatoms. The Bertz CT molecular complexity index is 855. The van der Waals surface area contributed by atoms with E-state index in [-0.39, 0.29) is 5.91 Å². The Hall–Kier alpha value is -3.02. The van der Waals surface area contributed by atoms with Gasteiger partial charge in [-0.25, -0.2) is 4.39 Å². The molecule has 3 aromatic rings. The van der Waals surface area contributed by atoms with E-state index in [0.717, 1.165) is 0 Å². The molecule has 0 N–H and O–H groups in total. The Morgan fingerprint density at radius 1 is 1.18 bits per heavy atom. The monoisotopic (exact) mass is 297 g/mol. The Labute approximate surface area is 125 Å². The maximum atomic E-state index is 13.0. The van der Waals surface area contributed by atoms with Crippen LogP contribution in [0.2, 0.25) is 0 Å². The molecule has 5 nitrogen and oxygen atoms in total. The highest BCUT2D eigenvalue weighted by atomic mass is 19.1. The SMILES string of the molecule is CN(C=O)c1nn(C(=O)c2ccc(F)cc2)c2ccccc12. The number of halogens is 1. The number of rotatable bonds is 3. The molecule has 0 bridgehead atoms. The van der Waals surface area contributed by atoms with Crippen LogP contribution < -0.4 is 4.90 Å². The lowest BCUT2D eigenvalue weighted by Gasteiger charge is -2.05. The van der Waals surface area contributed by atoms with Crippen LogP contribution in [0.3, 0.4) is 0 Å². The molecule has 0 radical (unpaired) electrons. The summed E-state index contributed by atoms with van der Waals surface area (Å²) >= 11 is 0. The van der Waals surface area contributed by atoms with Gasteiger partial charge in [-0.3, -0.25) is 9.59 Å². The summed E-state index contributed by atoms with van der Waals surface area (Å²) in [6, 6.07) is 12.4. The zero-order chi connectivity index (χ0) is 15.7. The van der Waals surface area contributed by atoms with Crippen molar-refractivity contribution in [1.29, 1.82) is 0 Å². The molecule has 0 saturated heterocycles. The molecule has 0 aliphatic carbocycles. The molecule has 0 aliphatic heterocycles. The van der Waals surface area contributed by atoms with E-state index < -0.39 is 5.82 Å². The maximum Gasteiger partial charge on any atom is 0.278 e. The molecule has 0 aliphatic rings. The number of hydrogen-bond donors (Lipinski definition) is 0. The summed E-state index contributed by atoms with van der Waals surface area (Å²) in [6.07, 6.45) is 0.626. The van der Waals surface area contributed by atoms with E-state index >= 15 is 0 Å². The van der Waals surface area contributed by atoms with E-state index in [9.17, 15) is 14.0 Å². The normalized spacial score (nSPS) is 10.6. The average molecular weight is 297 g/mol. The van der Waals surface area contributed by atoms with Gasteiger partial charge in [0.2, 0.25) is 6.41 Å². The van der Waals surface area contributed by atoms with Crippen LogP contribution in [0.5, 0.6) is 0 Å². The summed E-state index contributed by atoms with van der Waals surface area (Å²) < 4.78 is 14.2. The summed E-state index contributed by atoms with van der Waals surface area (Å²) in [5.41, 5.74) is 0.899. The Kier molecular flexibility index (Phi) is 3.42. The summed E-state index contributed by atoms with van der Waals surface area (Å²) in [5.74, 6) is -0.411. The van der Waals surface area contributed by atoms with Crippen molar-refractivity contribution in [3.8, 4) is 0 Å². The van der Waals surface area contributed by atoms with E-state index in [1.807, 2.05) is 0 Å². The average Bonchev–Trinajstić information content (AvgIpc) is 2.94. The molecule has 3 rings (SSSR count). The fraction of sp³-hybridized carbons (Fsp3) is 0.0625. The molecule has 0 saturated carbocycles. The predicted octanol–water partition coefficient (Wildman–Crippen LogP) is 2.46. The van der Waals surface area contributed by atoms with Gasteiger partial charge in [-0.2, -0.15) is 4.68 Å². The van der Waals surface area contributed by atoms with Gasteiger partial charge in [0.1, 0.15) is 5.82 Å². The second-order valence-corrected chi connectivity index (χ2v) is 4.78. The lowest BCUT2D eigenvalue weighted by atomic mass is 10.2. The van der Waals surface area contributed by atoms with Gasteiger partial charge in [-0.05, 0) is 36.4 Å². The largest absolute Gasteiger partial charge is 0.301 e. The lowest BCUT2D eigenvalue weighted by Crippen LogP contribution is -2.17. The minimum absolute atomic E-state index is 0.315. The molecule has 0 atom stereocenters. The van der Waals surface area contributed by atoms with Crippen molar-refractivity contribution in [2.45, 2.75) is 0 Å². The van der Waals surface area contributed by atoms with Crippen molar-refractivity contribution in [2.75, 3.05) is 11.9 Å². The molecular weight excluding hydrogens is 285 g/mol. The van der Waals surface area contributed by atoms with Gasteiger partial charge in [0.05, 0.1) is 5.52 Å². The number of benzene rings is 2. The van der Waals surface area contributed by atoms with Crippen LogP contribution in [-0.2, 0) is 4.79 Å². The third-order valence-corrected chi connectivity index (χ3v) is 3.34. The van der Waals surface area contributed by atoms with Crippen molar-refractivity contribution < 1.29 is 14.0 Å². The summed E-state index contributed by atoms with van der Waals surface area (Å²) in [5, 5.41) is 4.91. The maximum absolute atomic E-state index is 13.0. The standard InChI is InChI=1S/C16H12FN3O2/c1-19(10-21)15-13-4-2-3-5-14(13)20(18-15)16(22)11-6-8-12(17)9-7-11/h2-10H,1H3. The second kappa shape index (κ2) is 5.40. The van der Waals surface area contributed by atoms with Crippen LogP contribution >= 0.6 is 0 Å². The number of anilines is 1. The van der Waals surface area contributed by atoms with Gasteiger partial charge in [-0.1, -0.05) is 12.1 Å². The highest BCUT2D eigenvalue weighted by Gasteiger charge is 2.18. The van der Waals surface area contributed by atoms with E-state index in [2.05, 4.69) is 5.10 Å². The van der Waals surface area contributed by atoms with Gasteiger partial charge in [0, 0.05) is 18.0 Å². The molecular formula is C16H12FN3O2. The fourth-order valence-electron chi connectivity index (χ4n) is 2.23. The number of aromatic nitrogens is 2. The molecule has 0 unspecified atom stereocenters. The van der Waals surface area contributed by atoms with Crippen molar-refractivity contribution in [2.24, 2.45) is 0 Å². The summed E-state index contributed by atoms with van der Waals surface area (Å²) in [4.78, 5) is 24.9. The van der Waals surface area contributed by atoms with Gasteiger partial charge in [0.15, 0.2) is 5.82 Å². The van der Waals surface area contributed by atoms with Gasteiger partial charge in [0.25, 0.3) is 5.91 Å². The van der Waals surface area contributed by atoms with Crippen LogP contribution in [0, 0.1) is 5.82 Å². The van der Waals surface area contributed by atoms with Crippen molar-refractivity contribution in [1.82, 2.24) is 9.78 Å². The van der Waals surface area contributed by atoms with Crippen LogP contribution in [-0.4, -0.2) is 29.1 Å². The molecule has 0 spiro atoms. The van der Waals surface area contributed by atoms with E-state index in [4.69, 9.17) is 0 Å². The number of carbonyl (C=O) groups is 2. The number of fused-ring (bicyclic) bond motifs is 1. The summed E-state index contributed by atoms with van der Waals surface area (Å²) in [7, 11) is 1.56. The third-order valence-electron chi connectivity index (χ3n) is 3.34. The Morgan fingerprint density at radius 3 is 2.55 bits per heavy atom. The van der Waals surface area contributed by atoms with Gasteiger partial charge < -0.3 is 4.90 Å². The first-order chi connectivity index (χ1) is 10.6. The Morgan fingerprint density at radius 2 is 1.86 bits per heavy atom. The molecule has 1 aromatic heterocycles. The topological polar surface area (TPSA) is 55.2 Å². The van der Waals surface area contributed by atoms with Crippen LogP contribution in [0.1, 0.15) is 10.4 Å². The number of amides is 1. The number of para-hydroxylation sites is 1. The van der Waals surface area contributed by atoms with Crippen LogP contribution in [0.4, 0.5) is 10.2 Å². The molecule has 110 valence electrons. The summed E-state index contributed by atoms with van der Waals surface area (Å²) in [6.45, 7) is 0. The van der Waals surface area contributed by atoms with E-state index in [1.165, 1.54) is 33.8 Å². The minimum Gasteiger partial charge on any atom is -0.301 e. The molecule has 22 heavy (non-hydrogen) atoms. The smallest absolute Gasteiger partial charge is 0.278 e. The molecule has 2 aromatic carbocycles. The zero-order valence-electron chi connectivity index (χ0n) is 11.7. The van der Waals surface area contributed by atoms with Crippen LogP contribution in [0.15, 0.2) is 48.5 Å². The molecule has 1 amide bonds. The number of nitrogens with zero attached hydrogens (tertiary/aromatic N) is 3. The van der Waals surface area contributed by atoms with E-state index in [0.29, 0.717) is 28.7 Å². The quantitative estimate of drug-likeness (QED) is 0.698. The van der Waals surface area contributed by atoms with Crippen molar-refractivity contribution in [3.63, 3.8) is 0 Å². The highest BCUT2D eigenvalue weighted by Crippen LogP contribution is 2.25. The number of carbonyl (C=O) groups excluding carboxylic acids is 2. The van der Waals surface area contributed by atoms with Gasteiger partial charge in [-0.15, -0.1) is 5.10 Å². The van der Waals surface area contributed by atoms with Crippen molar-refractivity contribution >= 4 is 29.0 Å². The minimum atomic E-state index is -0.414. The Balaban J connectivity index is 2.16. The first-order valence-electron chi connectivity index (χ1n) is 6.58. The predicted molar refractivity (Wildman–Crippen MR) is 80.3 cm³/mol. The highest BCUT2D eigenvalue weighted by molar-refractivity contribution is 6.05. The molecule has 0 fully saturated rings. The third kappa shape index (κ3) is 2.24. The fourth-order valence-corrected chi connectivity index (χ4v) is 2.23. The first-order valence-corrected chi connectivity index (χ1v) is 6.58. The van der Waals surface area contributed by atoms with Gasteiger partial charge >= 0.3 is 0 Å². The number of hydrogen-bond acceptors (Lipinski definition) is 3. The van der Waals surface area contributed by atoms with Crippen LogP contribution in [0.25, 0.3) is 10.9 Å².